The van der Waals surface area contributed by atoms with Crippen LogP contribution in [0.1, 0.15) is 113 Å². The monoisotopic (exact) mass is 550 g/mol. The van der Waals surface area contributed by atoms with Crippen molar-refractivity contribution in [1.29, 1.82) is 0 Å². The highest BCUT2D eigenvalue weighted by molar-refractivity contribution is 5.90. The zero-order valence-corrected chi connectivity index (χ0v) is 25.2. The van der Waals surface area contributed by atoms with Gasteiger partial charge in [0, 0.05) is 37.6 Å². The third-order valence-electron chi connectivity index (χ3n) is 7.76. The minimum absolute atomic E-state index is 0.0549. The van der Waals surface area contributed by atoms with Gasteiger partial charge >= 0.3 is 11.9 Å². The standard InChI is InChI=1S/C34H50N2O4/c1-5-7-9-11-13-27(3)39-33(37)29-15-19-31(20-16-29)35-23-25-36(26-24-35)32-21-17-30(18-22-32)34(38)40-28(4)14-12-10-8-6-2/h15-22,27-28H,5-14,23-26H2,1-4H3/t27-,28-/m0/s1. The van der Waals surface area contributed by atoms with Crippen LogP contribution in [0, 0.1) is 0 Å². The van der Waals surface area contributed by atoms with Crippen LogP contribution in [0.15, 0.2) is 48.5 Å². The van der Waals surface area contributed by atoms with E-state index in [4.69, 9.17) is 9.47 Å². The molecule has 2 aromatic rings. The van der Waals surface area contributed by atoms with Gasteiger partial charge in [0.2, 0.25) is 0 Å². The van der Waals surface area contributed by atoms with Crippen molar-refractivity contribution in [2.24, 2.45) is 0 Å². The highest BCUT2D eigenvalue weighted by Crippen LogP contribution is 2.23. The first-order valence-corrected chi connectivity index (χ1v) is 15.5. The molecule has 6 heteroatoms. The van der Waals surface area contributed by atoms with Crippen LogP contribution in [-0.4, -0.2) is 50.3 Å². The molecule has 0 N–H and O–H groups in total. The summed E-state index contributed by atoms with van der Waals surface area (Å²) in [7, 11) is 0. The van der Waals surface area contributed by atoms with E-state index in [-0.39, 0.29) is 24.1 Å². The second-order valence-corrected chi connectivity index (χ2v) is 11.2. The quantitative estimate of drug-likeness (QED) is 0.156. The number of unbranched alkanes of at least 4 members (excludes halogenated alkanes) is 6. The summed E-state index contributed by atoms with van der Waals surface area (Å²) in [6.07, 6.45) is 11.2. The predicted molar refractivity (Wildman–Crippen MR) is 165 cm³/mol. The molecular formula is C34H50N2O4. The van der Waals surface area contributed by atoms with Crippen molar-refractivity contribution in [3.8, 4) is 0 Å². The Bertz CT molecular complexity index is 930. The summed E-state index contributed by atoms with van der Waals surface area (Å²) in [5.41, 5.74) is 3.44. The fourth-order valence-electron chi connectivity index (χ4n) is 5.18. The average molecular weight is 551 g/mol. The SMILES string of the molecule is CCCCCC[C@H](C)OC(=O)c1ccc(N2CCN(c3ccc(C(=O)O[C@@H](C)CCCCCC)cc3)CC2)cc1. The van der Waals surface area contributed by atoms with Crippen molar-refractivity contribution in [2.45, 2.75) is 104 Å². The zero-order valence-electron chi connectivity index (χ0n) is 25.2. The Morgan fingerprint density at radius 3 is 1.27 bits per heavy atom. The molecule has 40 heavy (non-hydrogen) atoms. The number of benzene rings is 2. The lowest BCUT2D eigenvalue weighted by Gasteiger charge is -2.37. The summed E-state index contributed by atoms with van der Waals surface area (Å²) < 4.78 is 11.3. The molecule has 0 bridgehead atoms. The van der Waals surface area contributed by atoms with Crippen LogP contribution in [0.25, 0.3) is 0 Å². The van der Waals surface area contributed by atoms with Gasteiger partial charge in [0.1, 0.15) is 0 Å². The van der Waals surface area contributed by atoms with Crippen LogP contribution in [0.4, 0.5) is 11.4 Å². The number of esters is 2. The number of hydrogen-bond donors (Lipinski definition) is 0. The Kier molecular flexibility index (Phi) is 13.3. The third kappa shape index (κ3) is 10.2. The highest BCUT2D eigenvalue weighted by atomic mass is 16.5. The lowest BCUT2D eigenvalue weighted by atomic mass is 10.1. The van der Waals surface area contributed by atoms with E-state index < -0.39 is 0 Å². The van der Waals surface area contributed by atoms with Gasteiger partial charge < -0.3 is 19.3 Å². The van der Waals surface area contributed by atoms with Crippen LogP contribution < -0.4 is 9.80 Å². The molecule has 1 saturated heterocycles. The maximum Gasteiger partial charge on any atom is 0.338 e. The highest BCUT2D eigenvalue weighted by Gasteiger charge is 2.19. The Balaban J connectivity index is 1.42. The Hall–Kier alpha value is -3.02. The number of anilines is 2. The number of ether oxygens (including phenoxy) is 2. The summed E-state index contributed by atoms with van der Waals surface area (Å²) in [5, 5.41) is 0. The number of carbonyl (C=O) groups is 2. The van der Waals surface area contributed by atoms with Gasteiger partial charge in [-0.2, -0.15) is 0 Å². The fraction of sp³-hybridized carbons (Fsp3) is 0.588. The molecule has 2 aromatic carbocycles. The van der Waals surface area contributed by atoms with Crippen LogP contribution in [-0.2, 0) is 9.47 Å². The lowest BCUT2D eigenvalue weighted by Crippen LogP contribution is -2.46. The Labute approximate surface area is 242 Å². The molecule has 0 spiro atoms. The maximum atomic E-state index is 12.5. The van der Waals surface area contributed by atoms with Gasteiger partial charge in [-0.25, -0.2) is 9.59 Å². The first kappa shape index (κ1) is 31.5. The van der Waals surface area contributed by atoms with Gasteiger partial charge in [0.25, 0.3) is 0 Å². The van der Waals surface area contributed by atoms with E-state index in [2.05, 4.69) is 23.6 Å². The van der Waals surface area contributed by atoms with Crippen molar-refractivity contribution >= 4 is 23.3 Å². The average Bonchev–Trinajstić information content (AvgIpc) is 2.98. The van der Waals surface area contributed by atoms with Crippen molar-refractivity contribution in [3.63, 3.8) is 0 Å². The van der Waals surface area contributed by atoms with Crippen molar-refractivity contribution < 1.29 is 19.1 Å². The van der Waals surface area contributed by atoms with Gasteiger partial charge in [0.05, 0.1) is 23.3 Å². The van der Waals surface area contributed by atoms with Gasteiger partial charge in [-0.1, -0.05) is 52.4 Å². The number of hydrogen-bond acceptors (Lipinski definition) is 6. The molecule has 6 nitrogen and oxygen atoms in total. The lowest BCUT2D eigenvalue weighted by molar-refractivity contribution is 0.0309. The molecule has 0 aliphatic carbocycles. The first-order valence-electron chi connectivity index (χ1n) is 15.5. The van der Waals surface area contributed by atoms with E-state index in [0.717, 1.165) is 63.2 Å². The summed E-state index contributed by atoms with van der Waals surface area (Å²) in [5.74, 6) is -0.485. The molecule has 1 fully saturated rings. The van der Waals surface area contributed by atoms with Gasteiger partial charge in [0.15, 0.2) is 0 Å². The molecule has 0 unspecified atom stereocenters. The molecule has 1 aliphatic rings. The Morgan fingerprint density at radius 1 is 0.600 bits per heavy atom. The third-order valence-corrected chi connectivity index (χ3v) is 7.76. The molecule has 0 amide bonds. The first-order chi connectivity index (χ1) is 19.4. The second kappa shape index (κ2) is 16.9. The molecule has 0 saturated carbocycles. The van der Waals surface area contributed by atoms with Gasteiger partial charge in [-0.05, 0) is 88.1 Å². The number of nitrogens with zero attached hydrogens (tertiary/aromatic N) is 2. The van der Waals surface area contributed by atoms with Gasteiger partial charge in [-0.3, -0.25) is 0 Å². The van der Waals surface area contributed by atoms with Crippen LogP contribution in [0.2, 0.25) is 0 Å². The summed E-state index contributed by atoms with van der Waals surface area (Å²) in [4.78, 5) is 29.8. The molecule has 0 aromatic heterocycles. The molecular weight excluding hydrogens is 500 g/mol. The summed E-state index contributed by atoms with van der Waals surface area (Å²) in [6.45, 7) is 11.9. The number of rotatable bonds is 16. The van der Waals surface area contributed by atoms with E-state index in [1.54, 1.807) is 0 Å². The van der Waals surface area contributed by atoms with E-state index in [1.807, 2.05) is 62.4 Å². The van der Waals surface area contributed by atoms with E-state index in [0.29, 0.717) is 11.1 Å². The summed E-state index contributed by atoms with van der Waals surface area (Å²) in [6, 6.07) is 15.6. The fourth-order valence-corrected chi connectivity index (χ4v) is 5.18. The minimum Gasteiger partial charge on any atom is -0.459 e. The van der Waals surface area contributed by atoms with Gasteiger partial charge in [-0.15, -0.1) is 0 Å². The van der Waals surface area contributed by atoms with Crippen LogP contribution in [0.5, 0.6) is 0 Å². The Morgan fingerprint density at radius 2 is 0.950 bits per heavy atom. The smallest absolute Gasteiger partial charge is 0.338 e. The van der Waals surface area contributed by atoms with E-state index in [9.17, 15) is 9.59 Å². The summed E-state index contributed by atoms with van der Waals surface area (Å²) >= 11 is 0. The normalized spacial score (nSPS) is 15.0. The molecule has 1 heterocycles. The molecule has 1 aliphatic heterocycles. The van der Waals surface area contributed by atoms with Crippen molar-refractivity contribution in [3.05, 3.63) is 59.7 Å². The molecule has 220 valence electrons. The molecule has 2 atom stereocenters. The van der Waals surface area contributed by atoms with E-state index >= 15 is 0 Å². The second-order valence-electron chi connectivity index (χ2n) is 11.2. The van der Waals surface area contributed by atoms with Crippen LogP contribution >= 0.6 is 0 Å². The number of piperazine rings is 1. The van der Waals surface area contributed by atoms with E-state index in [1.165, 1.54) is 38.5 Å². The van der Waals surface area contributed by atoms with Crippen molar-refractivity contribution in [2.75, 3.05) is 36.0 Å². The predicted octanol–water partition coefficient (Wildman–Crippen LogP) is 8.04. The van der Waals surface area contributed by atoms with Crippen molar-refractivity contribution in [1.82, 2.24) is 0 Å². The largest absolute Gasteiger partial charge is 0.459 e. The molecule has 3 rings (SSSR count). The maximum absolute atomic E-state index is 12.5. The minimum atomic E-state index is -0.242. The number of carbonyl (C=O) groups excluding carboxylic acids is 2. The zero-order chi connectivity index (χ0) is 28.7. The topological polar surface area (TPSA) is 59.1 Å². The molecule has 0 radical (unpaired) electrons. The van der Waals surface area contributed by atoms with Crippen LogP contribution in [0.3, 0.4) is 0 Å².